The topological polar surface area (TPSA) is 92.4 Å². The fourth-order valence-electron chi connectivity index (χ4n) is 2.85. The summed E-state index contributed by atoms with van der Waals surface area (Å²) in [6, 6.07) is 7.74. The van der Waals surface area contributed by atoms with E-state index in [0.29, 0.717) is 12.1 Å². The molecule has 0 bridgehead atoms. The van der Waals surface area contributed by atoms with Gasteiger partial charge in [0.25, 0.3) is 0 Å². The Labute approximate surface area is 118 Å². The number of carboxylic acid groups (broad SMARTS) is 1. The van der Waals surface area contributed by atoms with Crippen LogP contribution < -0.4 is 11.1 Å². The predicted molar refractivity (Wildman–Crippen MR) is 74.8 cm³/mol. The van der Waals surface area contributed by atoms with Gasteiger partial charge in [-0.3, -0.25) is 4.79 Å². The SMILES string of the molecule is NCC1CCCC1C(=O)NC(C(=O)O)c1ccccc1. The van der Waals surface area contributed by atoms with Crippen LogP contribution in [0.3, 0.4) is 0 Å². The summed E-state index contributed by atoms with van der Waals surface area (Å²) >= 11 is 0. The third-order valence-corrected chi connectivity index (χ3v) is 3.97. The van der Waals surface area contributed by atoms with E-state index in [1.807, 2.05) is 6.07 Å². The zero-order valence-corrected chi connectivity index (χ0v) is 11.3. The molecule has 1 aromatic rings. The first-order valence-corrected chi connectivity index (χ1v) is 6.91. The Morgan fingerprint density at radius 1 is 1.30 bits per heavy atom. The zero-order valence-electron chi connectivity index (χ0n) is 11.3. The van der Waals surface area contributed by atoms with Crippen LogP contribution in [-0.4, -0.2) is 23.5 Å². The van der Waals surface area contributed by atoms with Crippen LogP contribution in [0.1, 0.15) is 30.9 Å². The summed E-state index contributed by atoms with van der Waals surface area (Å²) in [5.41, 5.74) is 6.25. The number of carbonyl (C=O) groups is 2. The Kier molecular flexibility index (Phi) is 4.74. The molecule has 5 nitrogen and oxygen atoms in total. The number of carbonyl (C=O) groups excluding carboxylic acids is 1. The summed E-state index contributed by atoms with van der Waals surface area (Å²) in [5, 5.41) is 11.9. The standard InChI is InChI=1S/C15H20N2O3/c16-9-11-7-4-8-12(11)14(18)17-13(15(19)20)10-5-2-1-3-6-10/h1-3,5-6,11-13H,4,7-9,16H2,(H,17,18)(H,19,20). The van der Waals surface area contributed by atoms with Crippen molar-refractivity contribution in [2.24, 2.45) is 17.6 Å². The highest BCUT2D eigenvalue weighted by Gasteiger charge is 2.34. The molecule has 1 fully saturated rings. The summed E-state index contributed by atoms with van der Waals surface area (Å²) < 4.78 is 0. The maximum absolute atomic E-state index is 12.3. The van der Waals surface area contributed by atoms with Crippen molar-refractivity contribution in [3.63, 3.8) is 0 Å². The minimum Gasteiger partial charge on any atom is -0.479 e. The fraction of sp³-hybridized carbons (Fsp3) is 0.467. The van der Waals surface area contributed by atoms with Gasteiger partial charge in [-0.15, -0.1) is 0 Å². The van der Waals surface area contributed by atoms with Crippen LogP contribution in [0.4, 0.5) is 0 Å². The molecule has 3 unspecified atom stereocenters. The lowest BCUT2D eigenvalue weighted by Gasteiger charge is -2.21. The molecule has 1 saturated carbocycles. The third kappa shape index (κ3) is 3.17. The van der Waals surface area contributed by atoms with Crippen molar-refractivity contribution in [3.8, 4) is 0 Å². The van der Waals surface area contributed by atoms with E-state index in [1.54, 1.807) is 24.3 Å². The van der Waals surface area contributed by atoms with Gasteiger partial charge in [0, 0.05) is 5.92 Å². The summed E-state index contributed by atoms with van der Waals surface area (Å²) in [4.78, 5) is 23.6. The molecule has 1 aliphatic rings. The molecule has 1 aromatic carbocycles. The molecule has 108 valence electrons. The van der Waals surface area contributed by atoms with Crippen molar-refractivity contribution in [2.75, 3.05) is 6.54 Å². The molecule has 5 heteroatoms. The van der Waals surface area contributed by atoms with E-state index < -0.39 is 12.0 Å². The highest BCUT2D eigenvalue weighted by atomic mass is 16.4. The maximum Gasteiger partial charge on any atom is 0.330 e. The number of nitrogens with two attached hydrogens (primary N) is 1. The van der Waals surface area contributed by atoms with Crippen molar-refractivity contribution in [2.45, 2.75) is 25.3 Å². The van der Waals surface area contributed by atoms with E-state index in [4.69, 9.17) is 5.73 Å². The van der Waals surface area contributed by atoms with Gasteiger partial charge < -0.3 is 16.2 Å². The van der Waals surface area contributed by atoms with Gasteiger partial charge in [0.15, 0.2) is 6.04 Å². The average Bonchev–Trinajstić information content (AvgIpc) is 2.93. The van der Waals surface area contributed by atoms with Crippen LogP contribution in [0.15, 0.2) is 30.3 Å². The Hall–Kier alpha value is -1.88. The third-order valence-electron chi connectivity index (χ3n) is 3.97. The van der Waals surface area contributed by atoms with Crippen molar-refractivity contribution >= 4 is 11.9 Å². The lowest BCUT2D eigenvalue weighted by Crippen LogP contribution is -2.40. The number of amides is 1. The van der Waals surface area contributed by atoms with E-state index in [2.05, 4.69) is 5.32 Å². The van der Waals surface area contributed by atoms with Crippen LogP contribution in [0.5, 0.6) is 0 Å². The van der Waals surface area contributed by atoms with Gasteiger partial charge in [-0.2, -0.15) is 0 Å². The Morgan fingerprint density at radius 2 is 2.00 bits per heavy atom. The van der Waals surface area contributed by atoms with Gasteiger partial charge in [0.2, 0.25) is 5.91 Å². The molecule has 0 aliphatic heterocycles. The Morgan fingerprint density at radius 3 is 2.60 bits per heavy atom. The molecule has 0 heterocycles. The second kappa shape index (κ2) is 6.52. The van der Waals surface area contributed by atoms with Gasteiger partial charge in [-0.05, 0) is 30.9 Å². The summed E-state index contributed by atoms with van der Waals surface area (Å²) in [7, 11) is 0. The molecule has 20 heavy (non-hydrogen) atoms. The summed E-state index contributed by atoms with van der Waals surface area (Å²) in [6.45, 7) is 0.473. The van der Waals surface area contributed by atoms with Gasteiger partial charge in [0.1, 0.15) is 0 Å². The number of hydrogen-bond donors (Lipinski definition) is 3. The number of rotatable bonds is 5. The number of carboxylic acids is 1. The second-order valence-corrected chi connectivity index (χ2v) is 5.22. The molecule has 1 amide bonds. The number of hydrogen-bond acceptors (Lipinski definition) is 3. The molecule has 3 atom stereocenters. The average molecular weight is 276 g/mol. The fourth-order valence-corrected chi connectivity index (χ4v) is 2.85. The highest BCUT2D eigenvalue weighted by Crippen LogP contribution is 2.31. The quantitative estimate of drug-likeness (QED) is 0.756. The van der Waals surface area contributed by atoms with Crippen LogP contribution in [0.25, 0.3) is 0 Å². The second-order valence-electron chi connectivity index (χ2n) is 5.22. The first-order chi connectivity index (χ1) is 9.63. The van der Waals surface area contributed by atoms with Crippen molar-refractivity contribution in [3.05, 3.63) is 35.9 Å². The highest BCUT2D eigenvalue weighted by molar-refractivity contribution is 5.86. The summed E-state index contributed by atoms with van der Waals surface area (Å²) in [6.07, 6.45) is 2.70. The molecule has 0 spiro atoms. The Balaban J connectivity index is 2.09. The molecule has 1 aliphatic carbocycles. The van der Waals surface area contributed by atoms with Crippen LogP contribution >= 0.6 is 0 Å². The zero-order chi connectivity index (χ0) is 14.5. The first-order valence-electron chi connectivity index (χ1n) is 6.91. The molecule has 2 rings (SSSR count). The Bertz CT molecular complexity index is 475. The van der Waals surface area contributed by atoms with Crippen LogP contribution in [-0.2, 0) is 9.59 Å². The summed E-state index contributed by atoms with van der Waals surface area (Å²) in [5.74, 6) is -1.24. The number of aliphatic carboxylic acids is 1. The molecular weight excluding hydrogens is 256 g/mol. The maximum atomic E-state index is 12.3. The number of nitrogens with one attached hydrogen (secondary N) is 1. The van der Waals surface area contributed by atoms with Crippen molar-refractivity contribution in [1.82, 2.24) is 5.32 Å². The van der Waals surface area contributed by atoms with Gasteiger partial charge >= 0.3 is 5.97 Å². The lowest BCUT2D eigenvalue weighted by atomic mass is 9.94. The van der Waals surface area contributed by atoms with E-state index in [-0.39, 0.29) is 17.7 Å². The minimum atomic E-state index is -1.05. The largest absolute Gasteiger partial charge is 0.479 e. The van der Waals surface area contributed by atoms with Gasteiger partial charge in [-0.1, -0.05) is 36.8 Å². The molecule has 0 radical (unpaired) electrons. The first kappa shape index (κ1) is 14.5. The van der Waals surface area contributed by atoms with E-state index >= 15 is 0 Å². The van der Waals surface area contributed by atoms with E-state index in [1.165, 1.54) is 0 Å². The smallest absolute Gasteiger partial charge is 0.330 e. The molecule has 4 N–H and O–H groups in total. The number of benzene rings is 1. The predicted octanol–water partition coefficient (Wildman–Crippen LogP) is 1.30. The van der Waals surface area contributed by atoms with Crippen molar-refractivity contribution < 1.29 is 14.7 Å². The van der Waals surface area contributed by atoms with Gasteiger partial charge in [-0.25, -0.2) is 4.79 Å². The molecule has 0 aromatic heterocycles. The minimum absolute atomic E-state index is 0.162. The van der Waals surface area contributed by atoms with Crippen LogP contribution in [0, 0.1) is 11.8 Å². The van der Waals surface area contributed by atoms with Crippen molar-refractivity contribution in [1.29, 1.82) is 0 Å². The van der Waals surface area contributed by atoms with E-state index in [9.17, 15) is 14.7 Å². The molecular formula is C15H20N2O3. The van der Waals surface area contributed by atoms with Gasteiger partial charge in [0.05, 0.1) is 0 Å². The lowest BCUT2D eigenvalue weighted by molar-refractivity contribution is -0.142. The van der Waals surface area contributed by atoms with Crippen LogP contribution in [0.2, 0.25) is 0 Å². The van der Waals surface area contributed by atoms with E-state index in [0.717, 1.165) is 19.3 Å². The molecule has 0 saturated heterocycles. The monoisotopic (exact) mass is 276 g/mol. The normalized spacial score (nSPS) is 23.2.